The Kier molecular flexibility index (Phi) is 6.04. The first-order valence-electron chi connectivity index (χ1n) is 10.4. The number of rotatable bonds is 6. The molecular formula is C24H25FN2O4. The zero-order valence-corrected chi connectivity index (χ0v) is 17.4. The van der Waals surface area contributed by atoms with E-state index in [0.717, 1.165) is 37.6 Å². The van der Waals surface area contributed by atoms with Crippen molar-refractivity contribution in [2.75, 3.05) is 33.3 Å². The van der Waals surface area contributed by atoms with Crippen molar-refractivity contribution in [1.82, 2.24) is 9.80 Å². The maximum absolute atomic E-state index is 14.2. The molecule has 2 aromatic carbocycles. The predicted molar refractivity (Wildman–Crippen MR) is 114 cm³/mol. The van der Waals surface area contributed by atoms with Gasteiger partial charge in [-0.1, -0.05) is 30.3 Å². The Morgan fingerprint density at radius 3 is 2.45 bits per heavy atom. The van der Waals surface area contributed by atoms with Gasteiger partial charge in [0.1, 0.15) is 5.76 Å². The third-order valence-electron chi connectivity index (χ3n) is 5.94. The van der Waals surface area contributed by atoms with E-state index < -0.39 is 29.3 Å². The highest BCUT2D eigenvalue weighted by Crippen LogP contribution is 2.39. The van der Waals surface area contributed by atoms with E-state index in [1.165, 1.54) is 24.1 Å². The second-order valence-corrected chi connectivity index (χ2v) is 7.80. The van der Waals surface area contributed by atoms with Gasteiger partial charge < -0.3 is 19.6 Å². The van der Waals surface area contributed by atoms with Crippen molar-refractivity contribution in [3.05, 3.63) is 71.0 Å². The van der Waals surface area contributed by atoms with E-state index in [0.29, 0.717) is 13.1 Å². The van der Waals surface area contributed by atoms with Gasteiger partial charge >= 0.3 is 0 Å². The van der Waals surface area contributed by atoms with E-state index in [1.807, 2.05) is 30.3 Å². The number of benzene rings is 2. The standard InChI is InChI=1S/C24H25FN2O4/c1-31-19-10-9-17(15-18(19)25)22(28)20-21(16-7-3-2-4-8-16)27(24(30)23(20)29)14-13-26-11-5-6-12-26/h2-4,7-10,15,21,28H,5-6,11-14H2,1H3/b22-20+. The van der Waals surface area contributed by atoms with Gasteiger partial charge in [-0.3, -0.25) is 9.59 Å². The number of carbonyl (C=O) groups is 2. The number of aliphatic hydroxyl groups is 1. The van der Waals surface area contributed by atoms with Crippen LogP contribution in [0, 0.1) is 5.82 Å². The molecule has 2 heterocycles. The molecule has 1 amide bonds. The van der Waals surface area contributed by atoms with Crippen LogP contribution in [0.15, 0.2) is 54.1 Å². The Morgan fingerprint density at radius 2 is 1.81 bits per heavy atom. The number of amides is 1. The number of ketones is 1. The second-order valence-electron chi connectivity index (χ2n) is 7.80. The Hall–Kier alpha value is -3.19. The van der Waals surface area contributed by atoms with Crippen molar-refractivity contribution < 1.29 is 23.8 Å². The summed E-state index contributed by atoms with van der Waals surface area (Å²) in [5, 5.41) is 11.0. The lowest BCUT2D eigenvalue weighted by Gasteiger charge is -2.27. The first-order chi connectivity index (χ1) is 15.0. The van der Waals surface area contributed by atoms with Gasteiger partial charge in [-0.05, 0) is 49.7 Å². The number of nitrogens with zero attached hydrogens (tertiary/aromatic N) is 2. The zero-order chi connectivity index (χ0) is 22.0. The summed E-state index contributed by atoms with van der Waals surface area (Å²) in [5.74, 6) is -2.43. The molecule has 0 spiro atoms. The molecule has 0 bridgehead atoms. The van der Waals surface area contributed by atoms with Crippen molar-refractivity contribution in [1.29, 1.82) is 0 Å². The maximum Gasteiger partial charge on any atom is 0.295 e. The number of hydrogen-bond donors (Lipinski definition) is 1. The molecule has 2 aliphatic heterocycles. The molecule has 0 aromatic heterocycles. The largest absolute Gasteiger partial charge is 0.507 e. The fraction of sp³-hybridized carbons (Fsp3) is 0.333. The van der Waals surface area contributed by atoms with Crippen molar-refractivity contribution in [2.45, 2.75) is 18.9 Å². The summed E-state index contributed by atoms with van der Waals surface area (Å²) in [6.45, 7) is 2.99. The van der Waals surface area contributed by atoms with E-state index in [-0.39, 0.29) is 16.9 Å². The average Bonchev–Trinajstić information content (AvgIpc) is 3.39. The fourth-order valence-electron chi connectivity index (χ4n) is 4.32. The Bertz CT molecular complexity index is 1020. The monoisotopic (exact) mass is 424 g/mol. The average molecular weight is 424 g/mol. The molecule has 162 valence electrons. The summed E-state index contributed by atoms with van der Waals surface area (Å²) in [6, 6.07) is 12.4. The number of halogens is 1. The number of likely N-dealkylation sites (tertiary alicyclic amines) is 2. The molecule has 1 atom stereocenters. The van der Waals surface area contributed by atoms with Crippen LogP contribution in [0.2, 0.25) is 0 Å². The number of ether oxygens (including phenoxy) is 1. The highest BCUT2D eigenvalue weighted by Gasteiger charge is 2.46. The minimum Gasteiger partial charge on any atom is -0.507 e. The van der Waals surface area contributed by atoms with E-state index in [1.54, 1.807) is 0 Å². The summed E-state index contributed by atoms with van der Waals surface area (Å²) in [5.41, 5.74) is 0.817. The van der Waals surface area contributed by atoms with E-state index in [2.05, 4.69) is 4.90 Å². The molecule has 7 heteroatoms. The highest BCUT2D eigenvalue weighted by atomic mass is 19.1. The first kappa shape index (κ1) is 21.1. The molecule has 2 aromatic rings. The molecular weight excluding hydrogens is 399 g/mol. The smallest absolute Gasteiger partial charge is 0.295 e. The minimum atomic E-state index is -0.760. The van der Waals surface area contributed by atoms with Crippen LogP contribution >= 0.6 is 0 Å². The molecule has 2 fully saturated rings. The molecule has 0 radical (unpaired) electrons. The lowest BCUT2D eigenvalue weighted by atomic mass is 9.95. The van der Waals surface area contributed by atoms with Gasteiger partial charge in [0.25, 0.3) is 11.7 Å². The van der Waals surface area contributed by atoms with Crippen LogP contribution in [0.25, 0.3) is 5.76 Å². The van der Waals surface area contributed by atoms with Gasteiger partial charge in [-0.15, -0.1) is 0 Å². The highest BCUT2D eigenvalue weighted by molar-refractivity contribution is 6.46. The van der Waals surface area contributed by atoms with E-state index >= 15 is 0 Å². The molecule has 1 unspecified atom stereocenters. The lowest BCUT2D eigenvalue weighted by molar-refractivity contribution is -0.140. The normalized spacial score (nSPS) is 21.1. The Morgan fingerprint density at radius 1 is 1.10 bits per heavy atom. The van der Waals surface area contributed by atoms with Crippen LogP contribution in [-0.2, 0) is 9.59 Å². The van der Waals surface area contributed by atoms with Crippen LogP contribution in [0.5, 0.6) is 5.75 Å². The number of hydrogen-bond acceptors (Lipinski definition) is 5. The van der Waals surface area contributed by atoms with Gasteiger partial charge in [0.2, 0.25) is 0 Å². The summed E-state index contributed by atoms with van der Waals surface area (Å²) in [6.07, 6.45) is 2.26. The fourth-order valence-corrected chi connectivity index (χ4v) is 4.32. The van der Waals surface area contributed by atoms with Crippen LogP contribution in [0.1, 0.15) is 30.0 Å². The van der Waals surface area contributed by atoms with Crippen LogP contribution < -0.4 is 4.74 Å². The molecule has 0 aliphatic carbocycles. The molecule has 31 heavy (non-hydrogen) atoms. The van der Waals surface area contributed by atoms with Crippen molar-refractivity contribution in [3.63, 3.8) is 0 Å². The summed E-state index contributed by atoms with van der Waals surface area (Å²) < 4.78 is 19.2. The molecule has 2 aliphatic rings. The first-order valence-corrected chi connectivity index (χ1v) is 10.4. The molecule has 0 saturated carbocycles. The second kappa shape index (κ2) is 8.89. The number of carbonyl (C=O) groups excluding carboxylic acids is 2. The van der Waals surface area contributed by atoms with Gasteiger partial charge in [-0.25, -0.2) is 4.39 Å². The van der Waals surface area contributed by atoms with E-state index in [4.69, 9.17) is 4.74 Å². The SMILES string of the molecule is COc1ccc(/C(O)=C2\C(=O)C(=O)N(CCN3CCCC3)C2c2ccccc2)cc1F. The third kappa shape index (κ3) is 4.05. The van der Waals surface area contributed by atoms with Crippen LogP contribution in [0.3, 0.4) is 0 Å². The molecule has 2 saturated heterocycles. The van der Waals surface area contributed by atoms with E-state index in [9.17, 15) is 19.1 Å². The minimum absolute atomic E-state index is 0.0258. The number of aliphatic hydroxyl groups excluding tert-OH is 1. The topological polar surface area (TPSA) is 70.1 Å². The molecule has 6 nitrogen and oxygen atoms in total. The zero-order valence-electron chi connectivity index (χ0n) is 17.4. The van der Waals surface area contributed by atoms with Gasteiger partial charge in [-0.2, -0.15) is 0 Å². The van der Waals surface area contributed by atoms with Gasteiger partial charge in [0, 0.05) is 18.7 Å². The number of methoxy groups -OCH3 is 1. The number of Topliss-reactive ketones (excluding diaryl/α,β-unsaturated/α-hetero) is 1. The quantitative estimate of drug-likeness (QED) is 0.438. The van der Waals surface area contributed by atoms with Crippen LogP contribution in [0.4, 0.5) is 4.39 Å². The van der Waals surface area contributed by atoms with Crippen molar-refractivity contribution in [3.8, 4) is 5.75 Å². The van der Waals surface area contributed by atoms with Crippen molar-refractivity contribution >= 4 is 17.4 Å². The summed E-state index contributed by atoms with van der Waals surface area (Å²) >= 11 is 0. The predicted octanol–water partition coefficient (Wildman–Crippen LogP) is 3.35. The Labute approximate surface area is 180 Å². The summed E-state index contributed by atoms with van der Waals surface area (Å²) in [7, 11) is 1.35. The van der Waals surface area contributed by atoms with Crippen LogP contribution in [-0.4, -0.2) is 59.9 Å². The lowest BCUT2D eigenvalue weighted by Crippen LogP contribution is -2.37. The third-order valence-corrected chi connectivity index (χ3v) is 5.94. The summed E-state index contributed by atoms with van der Waals surface area (Å²) in [4.78, 5) is 29.7. The van der Waals surface area contributed by atoms with Gasteiger partial charge in [0.05, 0.1) is 18.7 Å². The molecule has 1 N–H and O–H groups in total. The van der Waals surface area contributed by atoms with Crippen molar-refractivity contribution in [2.24, 2.45) is 0 Å². The molecule has 4 rings (SSSR count). The van der Waals surface area contributed by atoms with Gasteiger partial charge in [0.15, 0.2) is 11.6 Å². The Balaban J connectivity index is 1.75. The maximum atomic E-state index is 14.2.